The number of halogens is 1. The molecule has 1 amide bonds. The van der Waals surface area contributed by atoms with Crippen molar-refractivity contribution in [1.82, 2.24) is 4.90 Å². The van der Waals surface area contributed by atoms with Crippen LogP contribution in [0.15, 0.2) is 18.2 Å². The number of rotatable bonds is 2. The van der Waals surface area contributed by atoms with E-state index in [2.05, 4.69) is 22.9 Å². The maximum atomic E-state index is 12.5. The number of hydrogen-bond donors (Lipinski definition) is 1. The van der Waals surface area contributed by atoms with Gasteiger partial charge in [0.1, 0.15) is 5.75 Å². The summed E-state index contributed by atoms with van der Waals surface area (Å²) in [6.07, 6.45) is 1.02. The van der Waals surface area contributed by atoms with Crippen molar-refractivity contribution >= 4 is 21.8 Å². The van der Waals surface area contributed by atoms with Crippen molar-refractivity contribution in [2.45, 2.75) is 26.3 Å². The molecule has 1 aromatic carbocycles. The Kier molecular flexibility index (Phi) is 3.95. The summed E-state index contributed by atoms with van der Waals surface area (Å²) in [4.78, 5) is 14.3. The molecule has 1 N–H and O–H groups in total. The molecule has 0 aromatic heterocycles. The second-order valence-electron chi connectivity index (χ2n) is 5.01. The van der Waals surface area contributed by atoms with E-state index >= 15 is 0 Å². The lowest BCUT2D eigenvalue weighted by Gasteiger charge is -2.25. The van der Waals surface area contributed by atoms with E-state index in [1.807, 2.05) is 11.8 Å². The number of aromatic hydroxyl groups is 1. The van der Waals surface area contributed by atoms with Crippen molar-refractivity contribution in [3.8, 4) is 5.75 Å². The van der Waals surface area contributed by atoms with Gasteiger partial charge < -0.3 is 10.0 Å². The number of hydrogen-bond acceptors (Lipinski definition) is 2. The second kappa shape index (κ2) is 5.31. The van der Waals surface area contributed by atoms with Gasteiger partial charge in [0.05, 0.1) is 5.56 Å². The average molecular weight is 312 g/mol. The van der Waals surface area contributed by atoms with E-state index in [1.54, 1.807) is 18.2 Å². The Morgan fingerprint density at radius 3 is 2.94 bits per heavy atom. The monoisotopic (exact) mass is 311 g/mol. The fourth-order valence-electron chi connectivity index (χ4n) is 2.47. The molecule has 1 aromatic rings. The number of benzene rings is 1. The predicted octanol–water partition coefficient (Wildman–Crippen LogP) is 2.95. The van der Waals surface area contributed by atoms with Gasteiger partial charge in [0, 0.05) is 17.9 Å². The topological polar surface area (TPSA) is 40.5 Å². The summed E-state index contributed by atoms with van der Waals surface area (Å²) >= 11 is 3.47. The zero-order valence-electron chi connectivity index (χ0n) is 10.7. The molecule has 18 heavy (non-hydrogen) atoms. The number of nitrogens with zero attached hydrogens (tertiary/aromatic N) is 1. The van der Waals surface area contributed by atoms with Gasteiger partial charge in [-0.25, -0.2) is 0 Å². The third-order valence-corrected chi connectivity index (χ3v) is 4.35. The van der Waals surface area contributed by atoms with Crippen LogP contribution in [-0.4, -0.2) is 33.8 Å². The van der Waals surface area contributed by atoms with E-state index in [0.29, 0.717) is 11.5 Å². The molecule has 1 fully saturated rings. The Morgan fingerprint density at radius 2 is 2.28 bits per heavy atom. The van der Waals surface area contributed by atoms with Gasteiger partial charge in [0.15, 0.2) is 0 Å². The summed E-state index contributed by atoms with van der Waals surface area (Å²) in [6.45, 7) is 4.85. The standard InChI is InChI=1S/C14H18BrNO2/c1-9-3-4-13(17)11(7-9)14(18)16-6-5-10(2)12(16)8-15/h3-4,7,10,12,17H,5-6,8H2,1-2H3. The lowest BCUT2D eigenvalue weighted by atomic mass is 10.0. The van der Waals surface area contributed by atoms with E-state index in [1.165, 1.54) is 0 Å². The molecule has 98 valence electrons. The number of phenolic OH excluding ortho intramolecular Hbond substituents is 1. The summed E-state index contributed by atoms with van der Waals surface area (Å²) < 4.78 is 0. The minimum Gasteiger partial charge on any atom is -0.507 e. The van der Waals surface area contributed by atoms with Gasteiger partial charge in [-0.15, -0.1) is 0 Å². The first kappa shape index (κ1) is 13.4. The number of carbonyl (C=O) groups excluding carboxylic acids is 1. The van der Waals surface area contributed by atoms with Gasteiger partial charge in [0.25, 0.3) is 5.91 Å². The van der Waals surface area contributed by atoms with Crippen LogP contribution in [-0.2, 0) is 0 Å². The fourth-order valence-corrected chi connectivity index (χ4v) is 3.46. The molecular formula is C14H18BrNO2. The first-order valence-electron chi connectivity index (χ1n) is 6.21. The summed E-state index contributed by atoms with van der Waals surface area (Å²) in [6, 6.07) is 5.37. The zero-order chi connectivity index (χ0) is 13.3. The third kappa shape index (κ3) is 2.39. The van der Waals surface area contributed by atoms with Crippen molar-refractivity contribution in [3.05, 3.63) is 29.3 Å². The third-order valence-electron chi connectivity index (χ3n) is 3.68. The molecule has 2 rings (SSSR count). The number of phenols is 1. The molecule has 0 spiro atoms. The minimum atomic E-state index is -0.0648. The largest absolute Gasteiger partial charge is 0.507 e. The average Bonchev–Trinajstić information content (AvgIpc) is 2.72. The second-order valence-corrected chi connectivity index (χ2v) is 5.65. The normalized spacial score (nSPS) is 23.4. The van der Waals surface area contributed by atoms with Crippen LogP contribution >= 0.6 is 15.9 Å². The minimum absolute atomic E-state index is 0.0648. The van der Waals surface area contributed by atoms with Gasteiger partial charge >= 0.3 is 0 Å². The van der Waals surface area contributed by atoms with Crippen LogP contribution in [0, 0.1) is 12.8 Å². The molecule has 1 heterocycles. The van der Waals surface area contributed by atoms with Crippen molar-refractivity contribution in [2.24, 2.45) is 5.92 Å². The first-order chi connectivity index (χ1) is 8.54. The Morgan fingerprint density at radius 1 is 1.56 bits per heavy atom. The number of alkyl halides is 1. The van der Waals surface area contributed by atoms with Crippen LogP contribution in [0.4, 0.5) is 0 Å². The lowest BCUT2D eigenvalue weighted by Crippen LogP contribution is -2.38. The highest BCUT2D eigenvalue weighted by molar-refractivity contribution is 9.09. The van der Waals surface area contributed by atoms with Crippen LogP contribution in [0.3, 0.4) is 0 Å². The molecule has 1 aliphatic heterocycles. The fraction of sp³-hybridized carbons (Fsp3) is 0.500. The van der Waals surface area contributed by atoms with Gasteiger partial charge in [-0.05, 0) is 31.4 Å². The first-order valence-corrected chi connectivity index (χ1v) is 7.33. The summed E-state index contributed by atoms with van der Waals surface area (Å²) in [7, 11) is 0. The van der Waals surface area contributed by atoms with E-state index in [9.17, 15) is 9.90 Å². The number of aryl methyl sites for hydroxylation is 1. The zero-order valence-corrected chi connectivity index (χ0v) is 12.3. The summed E-state index contributed by atoms with van der Waals surface area (Å²) in [5.74, 6) is 0.503. The molecule has 1 aliphatic rings. The molecule has 0 aliphatic carbocycles. The van der Waals surface area contributed by atoms with Crippen molar-refractivity contribution in [1.29, 1.82) is 0 Å². The Hall–Kier alpha value is -1.03. The maximum Gasteiger partial charge on any atom is 0.257 e. The quantitative estimate of drug-likeness (QED) is 0.853. The van der Waals surface area contributed by atoms with E-state index in [4.69, 9.17) is 0 Å². The maximum absolute atomic E-state index is 12.5. The molecular weight excluding hydrogens is 294 g/mol. The van der Waals surface area contributed by atoms with E-state index in [0.717, 1.165) is 23.9 Å². The molecule has 4 heteroatoms. The molecule has 0 radical (unpaired) electrons. The van der Waals surface area contributed by atoms with E-state index < -0.39 is 0 Å². The number of carbonyl (C=O) groups is 1. The molecule has 2 atom stereocenters. The molecule has 0 saturated carbocycles. The molecule has 0 bridgehead atoms. The van der Waals surface area contributed by atoms with Crippen molar-refractivity contribution < 1.29 is 9.90 Å². The van der Waals surface area contributed by atoms with Crippen LogP contribution in [0.1, 0.15) is 29.3 Å². The molecule has 3 nitrogen and oxygen atoms in total. The number of amides is 1. The molecule has 2 unspecified atom stereocenters. The van der Waals surface area contributed by atoms with Crippen molar-refractivity contribution in [2.75, 3.05) is 11.9 Å². The van der Waals surface area contributed by atoms with Gasteiger partial charge in [0.2, 0.25) is 0 Å². The highest BCUT2D eigenvalue weighted by Crippen LogP contribution is 2.29. The number of likely N-dealkylation sites (tertiary alicyclic amines) is 1. The SMILES string of the molecule is Cc1ccc(O)c(C(=O)N2CCC(C)C2CBr)c1. The Bertz CT molecular complexity index is 461. The van der Waals surface area contributed by atoms with Crippen LogP contribution in [0.25, 0.3) is 0 Å². The van der Waals surface area contributed by atoms with Gasteiger partial charge in [-0.3, -0.25) is 4.79 Å². The Balaban J connectivity index is 2.28. The van der Waals surface area contributed by atoms with E-state index in [-0.39, 0.29) is 17.7 Å². The highest BCUT2D eigenvalue weighted by atomic mass is 79.9. The van der Waals surface area contributed by atoms with Gasteiger partial charge in [-0.2, -0.15) is 0 Å². The van der Waals surface area contributed by atoms with Crippen molar-refractivity contribution in [3.63, 3.8) is 0 Å². The predicted molar refractivity (Wildman–Crippen MR) is 75.2 cm³/mol. The Labute approximate surface area is 116 Å². The highest BCUT2D eigenvalue weighted by Gasteiger charge is 2.34. The van der Waals surface area contributed by atoms with Gasteiger partial charge in [-0.1, -0.05) is 34.5 Å². The summed E-state index contributed by atoms with van der Waals surface area (Å²) in [5.41, 5.74) is 1.40. The van der Waals surface area contributed by atoms with Crippen LogP contribution in [0.2, 0.25) is 0 Å². The van der Waals surface area contributed by atoms with Crippen LogP contribution in [0.5, 0.6) is 5.75 Å². The summed E-state index contributed by atoms with van der Waals surface area (Å²) in [5, 5.41) is 10.6. The molecule has 1 saturated heterocycles. The lowest BCUT2D eigenvalue weighted by molar-refractivity contribution is 0.0735. The van der Waals surface area contributed by atoms with Crippen LogP contribution < -0.4 is 0 Å². The smallest absolute Gasteiger partial charge is 0.257 e.